The minimum atomic E-state index is -0.869. The average Bonchev–Trinajstić information content (AvgIpc) is 3.11. The molecule has 5 heteroatoms. The quantitative estimate of drug-likeness (QED) is 0.511. The highest BCUT2D eigenvalue weighted by Crippen LogP contribution is 2.50. The highest BCUT2D eigenvalue weighted by atomic mass is 16.5. The van der Waals surface area contributed by atoms with Crippen LogP contribution in [-0.2, 0) is 11.4 Å². The summed E-state index contributed by atoms with van der Waals surface area (Å²) in [6.07, 6.45) is 5.06. The van der Waals surface area contributed by atoms with Crippen LogP contribution in [0.25, 0.3) is 5.57 Å². The van der Waals surface area contributed by atoms with E-state index in [1.54, 1.807) is 6.92 Å². The molecule has 1 spiro atoms. The number of ether oxygens (including phenoxy) is 1. The van der Waals surface area contributed by atoms with E-state index in [1.165, 1.54) is 5.57 Å². The van der Waals surface area contributed by atoms with E-state index in [-0.39, 0.29) is 17.8 Å². The number of allylic oxidation sites excluding steroid dienone is 2. The van der Waals surface area contributed by atoms with E-state index >= 15 is 0 Å². The first-order valence-electron chi connectivity index (χ1n) is 11.9. The molecule has 0 saturated heterocycles. The minimum absolute atomic E-state index is 0.0251. The first-order valence-corrected chi connectivity index (χ1v) is 11.9. The van der Waals surface area contributed by atoms with Gasteiger partial charge in [-0.05, 0) is 79.5 Å². The molecule has 178 valence electrons. The summed E-state index contributed by atoms with van der Waals surface area (Å²) in [5.41, 5.74) is 3.96. The summed E-state index contributed by atoms with van der Waals surface area (Å²) >= 11 is 0. The van der Waals surface area contributed by atoms with E-state index in [9.17, 15) is 15.0 Å². The van der Waals surface area contributed by atoms with Gasteiger partial charge in [-0.1, -0.05) is 42.3 Å². The summed E-state index contributed by atoms with van der Waals surface area (Å²) in [5.74, 6) is 5.29. The summed E-state index contributed by atoms with van der Waals surface area (Å²) in [5, 5.41) is 30.0. The van der Waals surface area contributed by atoms with Gasteiger partial charge in [-0.15, -0.1) is 5.92 Å². The number of rotatable bonds is 7. The molecule has 2 aliphatic carbocycles. The standard InChI is InChI=1S/C29H32O5/c1-2-4-23(18-28(32)33)21-7-9-25(10-8-21)34-19-20-5-3-6-24(17-20)22-13-15-29(16-14-22)26(30)11-12-27(29)31/h3,5-10,13,17,23,26-27,30-31H,11-12,14-16,18-19H2,1H3,(H,32,33)/t23-,26-,27-/m0/s1. The lowest BCUT2D eigenvalue weighted by molar-refractivity contribution is -0.137. The van der Waals surface area contributed by atoms with Gasteiger partial charge in [-0.2, -0.15) is 0 Å². The number of hydrogen-bond acceptors (Lipinski definition) is 4. The predicted octanol–water partition coefficient (Wildman–Crippen LogP) is 4.92. The summed E-state index contributed by atoms with van der Waals surface area (Å²) in [4.78, 5) is 11.1. The van der Waals surface area contributed by atoms with Crippen LogP contribution in [0.1, 0.15) is 68.1 Å². The van der Waals surface area contributed by atoms with Crippen molar-refractivity contribution >= 4 is 11.5 Å². The molecule has 1 fully saturated rings. The van der Waals surface area contributed by atoms with Gasteiger partial charge in [-0.3, -0.25) is 4.79 Å². The summed E-state index contributed by atoms with van der Waals surface area (Å²) in [6, 6.07) is 15.8. The monoisotopic (exact) mass is 460 g/mol. The van der Waals surface area contributed by atoms with Crippen LogP contribution in [0.3, 0.4) is 0 Å². The van der Waals surface area contributed by atoms with Gasteiger partial charge in [-0.25, -0.2) is 0 Å². The molecule has 0 bridgehead atoms. The molecule has 2 aromatic carbocycles. The van der Waals surface area contributed by atoms with Crippen molar-refractivity contribution in [3.05, 3.63) is 71.3 Å². The third-order valence-electron chi connectivity index (χ3n) is 7.31. The zero-order valence-corrected chi connectivity index (χ0v) is 19.5. The molecule has 3 N–H and O–H groups in total. The maximum absolute atomic E-state index is 11.1. The fraction of sp³-hybridized carbons (Fsp3) is 0.414. The van der Waals surface area contributed by atoms with E-state index < -0.39 is 18.2 Å². The molecule has 34 heavy (non-hydrogen) atoms. The lowest BCUT2D eigenvalue weighted by atomic mass is 9.70. The smallest absolute Gasteiger partial charge is 0.304 e. The Hall–Kier alpha value is -3.07. The van der Waals surface area contributed by atoms with Crippen molar-refractivity contribution in [3.63, 3.8) is 0 Å². The largest absolute Gasteiger partial charge is 0.489 e. The molecule has 0 aliphatic heterocycles. The Labute approximate surface area is 201 Å². The Morgan fingerprint density at radius 3 is 2.50 bits per heavy atom. The van der Waals surface area contributed by atoms with Gasteiger partial charge < -0.3 is 20.1 Å². The molecule has 2 aromatic rings. The second-order valence-electron chi connectivity index (χ2n) is 9.38. The highest BCUT2D eigenvalue weighted by molar-refractivity contribution is 5.69. The summed E-state index contributed by atoms with van der Waals surface area (Å²) in [6.45, 7) is 2.14. The number of hydrogen-bond donors (Lipinski definition) is 3. The first kappa shape index (κ1) is 24.1. The van der Waals surface area contributed by atoms with Crippen molar-refractivity contribution < 1.29 is 24.9 Å². The molecule has 3 atom stereocenters. The minimum Gasteiger partial charge on any atom is -0.489 e. The van der Waals surface area contributed by atoms with Crippen LogP contribution in [-0.4, -0.2) is 33.5 Å². The fourth-order valence-corrected chi connectivity index (χ4v) is 5.29. The van der Waals surface area contributed by atoms with E-state index in [0.29, 0.717) is 25.9 Å². The van der Waals surface area contributed by atoms with E-state index in [0.717, 1.165) is 35.3 Å². The lowest BCUT2D eigenvalue weighted by Gasteiger charge is -2.38. The number of carboxylic acids is 1. The second-order valence-corrected chi connectivity index (χ2v) is 9.38. The number of benzene rings is 2. The Balaban J connectivity index is 1.39. The molecular formula is C29H32O5. The topological polar surface area (TPSA) is 87.0 Å². The van der Waals surface area contributed by atoms with Gasteiger partial charge in [0.2, 0.25) is 0 Å². The maximum Gasteiger partial charge on any atom is 0.304 e. The SMILES string of the molecule is CC#C[C@@H](CC(=O)O)c1ccc(OCc2cccc(C3=CCC4(CC3)[C@@H](O)CC[C@@H]4O)c2)cc1. The molecule has 2 aliphatic rings. The predicted molar refractivity (Wildman–Crippen MR) is 131 cm³/mol. The fourth-order valence-electron chi connectivity index (χ4n) is 5.29. The summed E-state index contributed by atoms with van der Waals surface area (Å²) in [7, 11) is 0. The average molecular weight is 461 g/mol. The van der Waals surface area contributed by atoms with Gasteiger partial charge in [0, 0.05) is 5.41 Å². The van der Waals surface area contributed by atoms with E-state index in [4.69, 9.17) is 9.84 Å². The number of carboxylic acid groups (broad SMARTS) is 1. The van der Waals surface area contributed by atoms with Crippen molar-refractivity contribution in [2.45, 2.75) is 70.2 Å². The van der Waals surface area contributed by atoms with Crippen molar-refractivity contribution in [3.8, 4) is 17.6 Å². The first-order chi connectivity index (χ1) is 16.4. The molecule has 0 unspecified atom stereocenters. The number of aliphatic hydroxyl groups is 2. The highest BCUT2D eigenvalue weighted by Gasteiger charge is 2.49. The van der Waals surface area contributed by atoms with Crippen molar-refractivity contribution in [1.82, 2.24) is 0 Å². The Bertz CT molecular complexity index is 1100. The van der Waals surface area contributed by atoms with Crippen LogP contribution in [0.4, 0.5) is 0 Å². The lowest BCUT2D eigenvalue weighted by Crippen LogP contribution is -2.39. The normalized spacial score (nSPS) is 21.9. The van der Waals surface area contributed by atoms with Crippen molar-refractivity contribution in [2.24, 2.45) is 5.41 Å². The molecule has 4 rings (SSSR count). The molecular weight excluding hydrogens is 428 g/mol. The number of carbonyl (C=O) groups is 1. The van der Waals surface area contributed by atoms with Gasteiger partial charge in [0.1, 0.15) is 12.4 Å². The Morgan fingerprint density at radius 2 is 1.88 bits per heavy atom. The van der Waals surface area contributed by atoms with Crippen LogP contribution in [0, 0.1) is 17.3 Å². The van der Waals surface area contributed by atoms with Crippen molar-refractivity contribution in [1.29, 1.82) is 0 Å². The molecule has 0 heterocycles. The number of aliphatic hydroxyl groups excluding tert-OH is 2. The van der Waals surface area contributed by atoms with Crippen LogP contribution in [0.15, 0.2) is 54.6 Å². The maximum atomic E-state index is 11.1. The van der Waals surface area contributed by atoms with Crippen LogP contribution >= 0.6 is 0 Å². The Morgan fingerprint density at radius 1 is 1.15 bits per heavy atom. The molecule has 0 amide bonds. The molecule has 5 nitrogen and oxygen atoms in total. The van der Waals surface area contributed by atoms with Crippen LogP contribution in [0.2, 0.25) is 0 Å². The zero-order valence-electron chi connectivity index (χ0n) is 19.5. The molecule has 0 aromatic heterocycles. The summed E-state index contributed by atoms with van der Waals surface area (Å²) < 4.78 is 5.98. The third kappa shape index (κ3) is 5.19. The van der Waals surface area contributed by atoms with Gasteiger partial charge >= 0.3 is 5.97 Å². The Kier molecular flexibility index (Phi) is 7.41. The van der Waals surface area contributed by atoms with E-state index in [2.05, 4.69) is 30.0 Å². The van der Waals surface area contributed by atoms with Gasteiger partial charge in [0.05, 0.1) is 24.5 Å². The van der Waals surface area contributed by atoms with Gasteiger partial charge in [0.25, 0.3) is 0 Å². The van der Waals surface area contributed by atoms with E-state index in [1.807, 2.05) is 36.4 Å². The van der Waals surface area contributed by atoms with Crippen LogP contribution < -0.4 is 4.74 Å². The second kappa shape index (κ2) is 10.5. The molecule has 1 saturated carbocycles. The zero-order chi connectivity index (χ0) is 24.1. The molecule has 0 radical (unpaired) electrons. The van der Waals surface area contributed by atoms with Crippen LogP contribution in [0.5, 0.6) is 5.75 Å². The number of aliphatic carboxylic acids is 1. The van der Waals surface area contributed by atoms with Gasteiger partial charge in [0.15, 0.2) is 0 Å². The third-order valence-corrected chi connectivity index (χ3v) is 7.31. The van der Waals surface area contributed by atoms with Crippen molar-refractivity contribution in [2.75, 3.05) is 0 Å².